The van der Waals surface area contributed by atoms with Gasteiger partial charge in [0.15, 0.2) is 11.3 Å². The number of hydrogen-bond acceptors (Lipinski definition) is 7. The number of nitrogens with one attached hydrogen (secondary N) is 1. The maximum atomic E-state index is 14.3. The minimum atomic E-state index is -4.74. The molecule has 0 aliphatic carbocycles. The lowest BCUT2D eigenvalue weighted by Gasteiger charge is -2.38. The normalized spacial score (nSPS) is 15.5. The molecule has 1 amide bonds. The number of alkyl halides is 3. The van der Waals surface area contributed by atoms with Crippen LogP contribution in [-0.4, -0.2) is 78.3 Å². The van der Waals surface area contributed by atoms with E-state index in [1.807, 2.05) is 13.0 Å². The van der Waals surface area contributed by atoms with E-state index in [0.717, 1.165) is 18.0 Å². The Hall–Kier alpha value is -4.17. The summed E-state index contributed by atoms with van der Waals surface area (Å²) in [6.07, 6.45) is -2.51. The monoisotopic (exact) mass is 616 g/mol. The molecule has 0 saturated carbocycles. The first-order valence-electron chi connectivity index (χ1n) is 13.5. The molecule has 2 aromatic carbocycles. The average molecular weight is 617 g/mol. The number of aromatic nitrogens is 3. The van der Waals surface area contributed by atoms with Crippen molar-refractivity contribution in [3.05, 3.63) is 77.1 Å². The Morgan fingerprint density at radius 3 is 2.35 bits per heavy atom. The molecule has 1 saturated heterocycles. The molecule has 10 nitrogen and oxygen atoms in total. The van der Waals surface area contributed by atoms with Crippen LogP contribution in [0, 0.1) is 6.92 Å². The van der Waals surface area contributed by atoms with Crippen LogP contribution in [0.1, 0.15) is 40.1 Å². The Morgan fingerprint density at radius 1 is 1.07 bits per heavy atom. The summed E-state index contributed by atoms with van der Waals surface area (Å²) in [5.74, 6) is 0.0947. The van der Waals surface area contributed by atoms with Crippen LogP contribution in [0.15, 0.2) is 54.7 Å². The molecule has 0 unspecified atom stereocenters. The second-order valence-corrected chi connectivity index (χ2v) is 12.2. The molecular weight excluding hydrogens is 585 g/mol. The molecule has 1 fully saturated rings. The SMILES string of the molecule is COc1ccc(-c2nc3c(C(=O)N4CCN([C@@H](C)c5cccc(NS(C)(=O)=O)c5)CC4)cnn3c(C(F)(F)F)c2C)cc1. The number of anilines is 1. The average Bonchev–Trinajstić information content (AvgIpc) is 3.38. The van der Waals surface area contributed by atoms with Gasteiger partial charge in [-0.25, -0.2) is 17.9 Å². The van der Waals surface area contributed by atoms with Gasteiger partial charge in [0.25, 0.3) is 5.91 Å². The Labute approximate surface area is 247 Å². The predicted molar refractivity (Wildman–Crippen MR) is 156 cm³/mol. The number of methoxy groups -OCH3 is 1. The Kier molecular flexibility index (Phi) is 8.09. The molecule has 14 heteroatoms. The lowest BCUT2D eigenvalue weighted by molar-refractivity contribution is -0.143. The van der Waals surface area contributed by atoms with Gasteiger partial charge in [-0.1, -0.05) is 12.1 Å². The van der Waals surface area contributed by atoms with Crippen molar-refractivity contribution in [2.45, 2.75) is 26.1 Å². The van der Waals surface area contributed by atoms with E-state index in [1.54, 1.807) is 47.4 Å². The molecule has 0 radical (unpaired) electrons. The number of halogens is 3. The van der Waals surface area contributed by atoms with Crippen LogP contribution in [-0.2, 0) is 16.2 Å². The highest BCUT2D eigenvalue weighted by molar-refractivity contribution is 7.92. The van der Waals surface area contributed by atoms with E-state index < -0.39 is 27.8 Å². The number of carbonyl (C=O) groups is 1. The number of ether oxygens (including phenoxy) is 1. The maximum Gasteiger partial charge on any atom is 0.433 e. The molecule has 3 heterocycles. The zero-order chi connectivity index (χ0) is 31.1. The van der Waals surface area contributed by atoms with E-state index in [-0.39, 0.29) is 28.5 Å². The van der Waals surface area contributed by atoms with Gasteiger partial charge in [-0.3, -0.25) is 14.4 Å². The number of benzene rings is 2. The Bertz CT molecular complexity index is 1770. The molecular formula is C29H31F3N6O4S. The summed E-state index contributed by atoms with van der Waals surface area (Å²) < 4.78 is 74.4. The third kappa shape index (κ3) is 6.30. The van der Waals surface area contributed by atoms with Crippen molar-refractivity contribution in [2.24, 2.45) is 0 Å². The van der Waals surface area contributed by atoms with E-state index in [9.17, 15) is 26.4 Å². The molecule has 228 valence electrons. The van der Waals surface area contributed by atoms with Crippen LogP contribution < -0.4 is 9.46 Å². The smallest absolute Gasteiger partial charge is 0.433 e. The second-order valence-electron chi connectivity index (χ2n) is 10.5. The van der Waals surface area contributed by atoms with Gasteiger partial charge in [0.2, 0.25) is 10.0 Å². The third-order valence-electron chi connectivity index (χ3n) is 7.57. The Balaban J connectivity index is 1.40. The quantitative estimate of drug-likeness (QED) is 0.323. The zero-order valence-electron chi connectivity index (χ0n) is 24.0. The summed E-state index contributed by atoms with van der Waals surface area (Å²) in [4.78, 5) is 21.9. The van der Waals surface area contributed by atoms with E-state index in [4.69, 9.17) is 4.74 Å². The van der Waals surface area contributed by atoms with Crippen LogP contribution in [0.5, 0.6) is 5.75 Å². The third-order valence-corrected chi connectivity index (χ3v) is 8.17. The number of sulfonamides is 1. The van der Waals surface area contributed by atoms with Crippen molar-refractivity contribution in [1.29, 1.82) is 0 Å². The number of rotatable bonds is 7. The molecule has 1 N–H and O–H groups in total. The first kappa shape index (κ1) is 30.3. The number of amides is 1. The molecule has 4 aromatic rings. The lowest BCUT2D eigenvalue weighted by atomic mass is 10.0. The van der Waals surface area contributed by atoms with Gasteiger partial charge < -0.3 is 9.64 Å². The van der Waals surface area contributed by atoms with Crippen molar-refractivity contribution in [3.8, 4) is 17.0 Å². The van der Waals surface area contributed by atoms with Gasteiger partial charge in [-0.05, 0) is 55.8 Å². The first-order valence-corrected chi connectivity index (χ1v) is 15.4. The molecule has 1 aliphatic heterocycles. The van der Waals surface area contributed by atoms with E-state index in [2.05, 4.69) is 19.7 Å². The minimum Gasteiger partial charge on any atom is -0.497 e. The molecule has 1 atom stereocenters. The van der Waals surface area contributed by atoms with E-state index >= 15 is 0 Å². The number of nitrogens with zero attached hydrogens (tertiary/aromatic N) is 5. The number of fused-ring (bicyclic) bond motifs is 1. The number of piperazine rings is 1. The van der Waals surface area contributed by atoms with E-state index in [1.165, 1.54) is 14.0 Å². The van der Waals surface area contributed by atoms with Crippen molar-refractivity contribution in [1.82, 2.24) is 24.4 Å². The van der Waals surface area contributed by atoms with Crippen LogP contribution in [0.2, 0.25) is 0 Å². The van der Waals surface area contributed by atoms with Crippen LogP contribution in [0.25, 0.3) is 16.9 Å². The fraction of sp³-hybridized carbons (Fsp3) is 0.345. The van der Waals surface area contributed by atoms with Gasteiger partial charge in [0.1, 0.15) is 11.3 Å². The summed E-state index contributed by atoms with van der Waals surface area (Å²) in [5, 5.41) is 3.95. The second kappa shape index (κ2) is 11.5. The van der Waals surface area contributed by atoms with Crippen LogP contribution in [0.4, 0.5) is 18.9 Å². The molecule has 0 spiro atoms. The number of hydrogen-bond donors (Lipinski definition) is 1. The summed E-state index contributed by atoms with van der Waals surface area (Å²) in [5.41, 5.74) is 0.637. The topological polar surface area (TPSA) is 109 Å². The van der Waals surface area contributed by atoms with Gasteiger partial charge in [0, 0.05) is 49.0 Å². The van der Waals surface area contributed by atoms with Crippen LogP contribution >= 0.6 is 0 Å². The van der Waals surface area contributed by atoms with Crippen molar-refractivity contribution >= 4 is 27.3 Å². The largest absolute Gasteiger partial charge is 0.497 e. The van der Waals surface area contributed by atoms with Crippen molar-refractivity contribution in [3.63, 3.8) is 0 Å². The summed E-state index contributed by atoms with van der Waals surface area (Å²) in [6.45, 7) is 5.02. The fourth-order valence-corrected chi connectivity index (χ4v) is 5.91. The highest BCUT2D eigenvalue weighted by Crippen LogP contribution is 2.37. The zero-order valence-corrected chi connectivity index (χ0v) is 24.8. The highest BCUT2D eigenvalue weighted by Gasteiger charge is 2.39. The van der Waals surface area contributed by atoms with Gasteiger partial charge in [-0.2, -0.15) is 18.3 Å². The molecule has 43 heavy (non-hydrogen) atoms. The lowest BCUT2D eigenvalue weighted by Crippen LogP contribution is -2.49. The van der Waals surface area contributed by atoms with E-state index in [0.29, 0.717) is 47.7 Å². The highest BCUT2D eigenvalue weighted by atomic mass is 32.2. The van der Waals surface area contributed by atoms with Crippen LogP contribution in [0.3, 0.4) is 0 Å². The summed E-state index contributed by atoms with van der Waals surface area (Å²) >= 11 is 0. The minimum absolute atomic E-state index is 0.0127. The molecule has 0 bridgehead atoms. The van der Waals surface area contributed by atoms with Gasteiger partial charge in [-0.15, -0.1) is 0 Å². The van der Waals surface area contributed by atoms with Gasteiger partial charge >= 0.3 is 6.18 Å². The molecule has 5 rings (SSSR count). The summed E-state index contributed by atoms with van der Waals surface area (Å²) in [6, 6.07) is 13.6. The molecule has 1 aliphatic rings. The number of carbonyl (C=O) groups excluding carboxylic acids is 1. The standard InChI is InChI=1S/C29H31F3N6O4S/c1-18-25(20-8-10-23(42-3)11-9-20)34-27-24(17-33-38(27)26(18)29(30,31)32)28(39)37-14-12-36(13-15-37)19(2)21-6-5-7-22(16-21)35-43(4,40)41/h5-11,16-17,19,35H,12-15H2,1-4H3/t19-/m0/s1. The predicted octanol–water partition coefficient (Wildman–Crippen LogP) is 4.62. The maximum absolute atomic E-state index is 14.3. The summed E-state index contributed by atoms with van der Waals surface area (Å²) in [7, 11) is -1.93. The van der Waals surface area contributed by atoms with Crippen molar-refractivity contribution in [2.75, 3.05) is 44.3 Å². The first-order chi connectivity index (χ1) is 20.3. The Morgan fingerprint density at radius 2 is 1.74 bits per heavy atom. The van der Waals surface area contributed by atoms with Gasteiger partial charge in [0.05, 0.1) is 25.3 Å². The fourth-order valence-electron chi connectivity index (χ4n) is 5.36. The molecule has 2 aromatic heterocycles. The van der Waals surface area contributed by atoms with Crippen molar-refractivity contribution < 1.29 is 31.1 Å².